The maximum Gasteiger partial charge on any atom is 0.128 e. The summed E-state index contributed by atoms with van der Waals surface area (Å²) in [5.41, 5.74) is 1.08. The summed E-state index contributed by atoms with van der Waals surface area (Å²) in [6, 6.07) is 7.63. The van der Waals surface area contributed by atoms with Crippen molar-refractivity contribution < 1.29 is 18.3 Å². The van der Waals surface area contributed by atoms with Crippen molar-refractivity contribution in [1.29, 1.82) is 0 Å². The number of hydrogen-bond acceptors (Lipinski definition) is 2. The van der Waals surface area contributed by atoms with Crippen LogP contribution in [0.3, 0.4) is 0 Å². The van der Waals surface area contributed by atoms with Crippen LogP contribution in [0.25, 0.3) is 0 Å². The zero-order chi connectivity index (χ0) is 15.6. The van der Waals surface area contributed by atoms with E-state index in [-0.39, 0.29) is 11.1 Å². The molecule has 5 heteroatoms. The molecule has 0 aliphatic carbocycles. The Labute approximate surface area is 130 Å². The Bertz CT molecular complexity index is 637. The van der Waals surface area contributed by atoms with Gasteiger partial charge in [0.25, 0.3) is 0 Å². The molecule has 0 saturated heterocycles. The van der Waals surface area contributed by atoms with E-state index in [9.17, 15) is 8.78 Å². The number of ether oxygens (including phenoxy) is 2. The van der Waals surface area contributed by atoms with Crippen molar-refractivity contribution >= 4 is 15.9 Å². The van der Waals surface area contributed by atoms with Crippen molar-refractivity contribution in [3.8, 4) is 11.5 Å². The lowest BCUT2D eigenvalue weighted by Gasteiger charge is -2.19. The molecule has 1 atom stereocenters. The quantitative estimate of drug-likeness (QED) is 0.734. The predicted molar refractivity (Wildman–Crippen MR) is 81.4 cm³/mol. The molecular weight excluding hydrogens is 342 g/mol. The molecule has 0 amide bonds. The fraction of sp³-hybridized carbons (Fsp3) is 0.250. The number of alkyl halides is 1. The Morgan fingerprint density at radius 3 is 2.10 bits per heavy atom. The summed E-state index contributed by atoms with van der Waals surface area (Å²) < 4.78 is 38.5. The molecule has 2 rings (SSSR count). The molecule has 2 aromatic carbocycles. The molecule has 0 fully saturated rings. The minimum atomic E-state index is -0.585. The molecule has 0 heterocycles. The van der Waals surface area contributed by atoms with Crippen LogP contribution in [0.1, 0.15) is 21.5 Å². The summed E-state index contributed by atoms with van der Waals surface area (Å²) in [4.78, 5) is -0.585. The fourth-order valence-electron chi connectivity index (χ4n) is 2.14. The van der Waals surface area contributed by atoms with Gasteiger partial charge < -0.3 is 9.47 Å². The number of hydrogen-bond donors (Lipinski definition) is 0. The molecule has 0 aromatic heterocycles. The van der Waals surface area contributed by atoms with E-state index >= 15 is 0 Å². The van der Waals surface area contributed by atoms with E-state index in [4.69, 9.17) is 9.47 Å². The van der Waals surface area contributed by atoms with Gasteiger partial charge in [-0.3, -0.25) is 0 Å². The van der Waals surface area contributed by atoms with Crippen molar-refractivity contribution in [2.45, 2.75) is 11.8 Å². The van der Waals surface area contributed by atoms with Crippen LogP contribution < -0.4 is 9.47 Å². The Morgan fingerprint density at radius 2 is 1.57 bits per heavy atom. The van der Waals surface area contributed by atoms with Crippen LogP contribution in [0.5, 0.6) is 11.5 Å². The van der Waals surface area contributed by atoms with E-state index in [0.29, 0.717) is 17.1 Å². The Hall–Kier alpha value is -1.62. The van der Waals surface area contributed by atoms with Crippen LogP contribution in [-0.2, 0) is 0 Å². The first-order chi connectivity index (χ1) is 9.99. The zero-order valence-electron chi connectivity index (χ0n) is 11.9. The molecule has 0 N–H and O–H groups in total. The summed E-state index contributed by atoms with van der Waals surface area (Å²) in [6.07, 6.45) is 0. The third-order valence-electron chi connectivity index (χ3n) is 3.27. The van der Waals surface area contributed by atoms with Crippen molar-refractivity contribution in [2.24, 2.45) is 0 Å². The third kappa shape index (κ3) is 3.02. The van der Waals surface area contributed by atoms with Gasteiger partial charge in [0, 0.05) is 5.56 Å². The minimum Gasteiger partial charge on any atom is -0.496 e. The largest absolute Gasteiger partial charge is 0.496 e. The van der Waals surface area contributed by atoms with Gasteiger partial charge in [0.2, 0.25) is 0 Å². The second-order valence-electron chi connectivity index (χ2n) is 4.56. The van der Waals surface area contributed by atoms with Crippen molar-refractivity contribution in [3.63, 3.8) is 0 Å². The number of methoxy groups -OCH3 is 2. The normalized spacial score (nSPS) is 12.1. The van der Waals surface area contributed by atoms with Gasteiger partial charge in [-0.05, 0) is 36.8 Å². The molecular formula is C16H15BrF2O2. The second-order valence-corrected chi connectivity index (χ2v) is 5.48. The highest BCUT2D eigenvalue weighted by molar-refractivity contribution is 9.09. The average Bonchev–Trinajstić information content (AvgIpc) is 2.49. The van der Waals surface area contributed by atoms with Gasteiger partial charge in [0.05, 0.1) is 24.6 Å². The van der Waals surface area contributed by atoms with E-state index in [0.717, 1.165) is 0 Å². The molecule has 0 aliphatic rings. The minimum absolute atomic E-state index is 0.195. The van der Waals surface area contributed by atoms with Gasteiger partial charge in [-0.1, -0.05) is 22.0 Å². The highest BCUT2D eigenvalue weighted by atomic mass is 79.9. The summed E-state index contributed by atoms with van der Waals surface area (Å²) in [5.74, 6) is 0.140. The highest BCUT2D eigenvalue weighted by Crippen LogP contribution is 2.43. The SMILES string of the molecule is COc1cccc(OC)c1C(Br)c1cc(F)c(C)cc1F. The predicted octanol–water partition coefficient (Wildman–Crippen LogP) is 4.77. The van der Waals surface area contributed by atoms with Gasteiger partial charge in [0.1, 0.15) is 23.1 Å². The Morgan fingerprint density at radius 1 is 1.00 bits per heavy atom. The number of rotatable bonds is 4. The summed E-state index contributed by atoms with van der Waals surface area (Å²) in [7, 11) is 3.04. The first-order valence-corrected chi connectivity index (χ1v) is 7.21. The van der Waals surface area contributed by atoms with Crippen LogP contribution in [0.2, 0.25) is 0 Å². The average molecular weight is 357 g/mol. The van der Waals surface area contributed by atoms with E-state index in [2.05, 4.69) is 15.9 Å². The van der Waals surface area contributed by atoms with Gasteiger partial charge in [0.15, 0.2) is 0 Å². The molecule has 21 heavy (non-hydrogen) atoms. The lowest BCUT2D eigenvalue weighted by atomic mass is 10.0. The van der Waals surface area contributed by atoms with Gasteiger partial charge in [-0.25, -0.2) is 8.78 Å². The van der Waals surface area contributed by atoms with Crippen molar-refractivity contribution in [2.75, 3.05) is 14.2 Å². The number of aryl methyl sites for hydroxylation is 1. The van der Waals surface area contributed by atoms with Gasteiger partial charge >= 0.3 is 0 Å². The second kappa shape index (κ2) is 6.43. The monoisotopic (exact) mass is 356 g/mol. The Kier molecular flexibility index (Phi) is 4.83. The molecule has 112 valence electrons. The van der Waals surface area contributed by atoms with E-state index in [1.807, 2.05) is 0 Å². The maximum atomic E-state index is 14.2. The van der Waals surface area contributed by atoms with Gasteiger partial charge in [-0.2, -0.15) is 0 Å². The summed E-state index contributed by atoms with van der Waals surface area (Å²) in [5, 5.41) is 0. The number of halogens is 3. The van der Waals surface area contributed by atoms with Crippen LogP contribution in [0, 0.1) is 18.6 Å². The Balaban J connectivity index is 2.59. The molecule has 1 unspecified atom stereocenters. The maximum absolute atomic E-state index is 14.2. The fourth-order valence-corrected chi connectivity index (χ4v) is 2.94. The summed E-state index contributed by atoms with van der Waals surface area (Å²) in [6.45, 7) is 1.52. The van der Waals surface area contributed by atoms with Gasteiger partial charge in [-0.15, -0.1) is 0 Å². The molecule has 2 nitrogen and oxygen atoms in total. The summed E-state index contributed by atoms with van der Waals surface area (Å²) >= 11 is 3.42. The highest BCUT2D eigenvalue weighted by Gasteiger charge is 2.23. The van der Waals surface area contributed by atoms with Crippen LogP contribution in [0.15, 0.2) is 30.3 Å². The van der Waals surface area contributed by atoms with Crippen LogP contribution >= 0.6 is 15.9 Å². The lowest BCUT2D eigenvalue weighted by molar-refractivity contribution is 0.386. The molecule has 0 aliphatic heterocycles. The van der Waals surface area contributed by atoms with E-state index in [1.165, 1.54) is 33.3 Å². The zero-order valence-corrected chi connectivity index (χ0v) is 13.5. The number of benzene rings is 2. The molecule has 2 aromatic rings. The molecule has 0 bridgehead atoms. The van der Waals surface area contributed by atoms with E-state index in [1.54, 1.807) is 18.2 Å². The topological polar surface area (TPSA) is 18.5 Å². The van der Waals surface area contributed by atoms with Crippen LogP contribution in [-0.4, -0.2) is 14.2 Å². The van der Waals surface area contributed by atoms with Crippen LogP contribution in [0.4, 0.5) is 8.78 Å². The van der Waals surface area contributed by atoms with Crippen molar-refractivity contribution in [3.05, 3.63) is 58.7 Å². The standard InChI is InChI=1S/C16H15BrF2O2/c1-9-7-12(19)10(8-11(9)18)16(17)15-13(20-2)5-4-6-14(15)21-3/h4-8,16H,1-3H3. The molecule has 0 radical (unpaired) electrons. The molecule has 0 spiro atoms. The van der Waals surface area contributed by atoms with Crippen molar-refractivity contribution in [1.82, 2.24) is 0 Å². The lowest BCUT2D eigenvalue weighted by Crippen LogP contribution is -2.04. The van der Waals surface area contributed by atoms with E-state index < -0.39 is 16.5 Å². The first kappa shape index (κ1) is 15.8. The third-order valence-corrected chi connectivity index (χ3v) is 4.22. The smallest absolute Gasteiger partial charge is 0.128 e. The molecule has 0 saturated carbocycles. The first-order valence-electron chi connectivity index (χ1n) is 6.30.